The molecule has 4 rings (SSSR count). The van der Waals surface area contributed by atoms with Crippen molar-refractivity contribution in [3.05, 3.63) is 140 Å². The van der Waals surface area contributed by atoms with E-state index in [1.807, 2.05) is 27.7 Å². The first-order valence-electron chi connectivity index (χ1n) is 20.8. The summed E-state index contributed by atoms with van der Waals surface area (Å²) in [5.41, 5.74) is 7.04. The van der Waals surface area contributed by atoms with Gasteiger partial charge in [-0.3, -0.25) is 0 Å². The van der Waals surface area contributed by atoms with Gasteiger partial charge in [0.05, 0.1) is 48.7 Å². The molecule has 362 valence electrons. The molecule has 0 heterocycles. The predicted octanol–water partition coefficient (Wildman–Crippen LogP) is 9.17. The van der Waals surface area contributed by atoms with Crippen molar-refractivity contribution in [3.63, 3.8) is 0 Å². The number of rotatable bonds is 15. The zero-order chi connectivity index (χ0) is 49.9. The fraction of sp³-hybridized carbons (Fsp3) is 0.333. The Balaban J connectivity index is 1.45. The topological polar surface area (TPSA) is 247 Å². The molecule has 0 fully saturated rings. The molecule has 4 aromatic rings. The predicted molar refractivity (Wildman–Crippen MR) is 231 cm³/mol. The minimum Gasteiger partial charge on any atom is -0.432 e. The second kappa shape index (κ2) is 25.5. The number of aryl methyl sites for hydroxylation is 8. The molecular weight excluding hydrogens is 897 g/mol. The van der Waals surface area contributed by atoms with E-state index < -0.39 is 86.8 Å². The van der Waals surface area contributed by atoms with Crippen LogP contribution in [0.25, 0.3) is 0 Å². The van der Waals surface area contributed by atoms with Gasteiger partial charge in [0.2, 0.25) is 0 Å². The van der Waals surface area contributed by atoms with Gasteiger partial charge >= 0.3 is 48.5 Å². The summed E-state index contributed by atoms with van der Waals surface area (Å²) in [5, 5.41) is 0. The van der Waals surface area contributed by atoms with E-state index in [1.54, 1.807) is 52.0 Å². The summed E-state index contributed by atoms with van der Waals surface area (Å²) in [6.45, 7) is 12.1. The summed E-state index contributed by atoms with van der Waals surface area (Å²) in [7, 11) is 0. The Morgan fingerprint density at radius 2 is 0.559 bits per heavy atom. The van der Waals surface area contributed by atoms with E-state index in [4.69, 9.17) is 18.9 Å². The molecule has 0 amide bonds. The monoisotopic (exact) mass is 946 g/mol. The molecule has 0 bridgehead atoms. The number of hydrogen-bond donors (Lipinski definition) is 0. The normalized spacial score (nSPS) is 11.4. The van der Waals surface area contributed by atoms with Crippen LogP contribution < -0.4 is 0 Å². The zero-order valence-corrected chi connectivity index (χ0v) is 38.5. The molecule has 0 aliphatic rings. The van der Waals surface area contributed by atoms with Gasteiger partial charge in [0.1, 0.15) is 0 Å². The quantitative estimate of drug-likeness (QED) is 0.0466. The van der Waals surface area contributed by atoms with E-state index >= 15 is 0 Å². The molecule has 0 N–H and O–H groups in total. The van der Waals surface area contributed by atoms with Gasteiger partial charge in [-0.15, -0.1) is 0 Å². The Hall–Kier alpha value is -8.16. The van der Waals surface area contributed by atoms with Crippen molar-refractivity contribution in [2.24, 2.45) is 11.8 Å². The van der Waals surface area contributed by atoms with Crippen LogP contribution in [0.5, 0.6) is 0 Å². The average molecular weight is 947 g/mol. The first kappa shape index (κ1) is 52.5. The second-order valence-corrected chi connectivity index (χ2v) is 15.4. The van der Waals surface area contributed by atoms with E-state index in [2.05, 4.69) is 39.1 Å². The van der Waals surface area contributed by atoms with E-state index in [0.717, 1.165) is 44.5 Å². The molecular formula is C48H50O20. The smallest absolute Gasteiger partial charge is 0.432 e. The van der Waals surface area contributed by atoms with Crippen LogP contribution in [-0.4, -0.2) is 74.9 Å². The lowest BCUT2D eigenvalue weighted by Gasteiger charge is -2.25. The van der Waals surface area contributed by atoms with E-state index in [9.17, 15) is 38.4 Å². The fourth-order valence-corrected chi connectivity index (χ4v) is 5.90. The van der Waals surface area contributed by atoms with Gasteiger partial charge in [-0.05, 0) is 161 Å². The van der Waals surface area contributed by atoms with Gasteiger partial charge in [0.15, 0.2) is 0 Å². The van der Waals surface area contributed by atoms with Crippen LogP contribution in [0.15, 0.2) is 72.8 Å². The second-order valence-electron chi connectivity index (χ2n) is 15.4. The largest absolute Gasteiger partial charge is 0.549 e. The number of hydrogen-bond acceptors (Lipinski definition) is 20. The summed E-state index contributed by atoms with van der Waals surface area (Å²) in [5.74, 6) is -6.04. The van der Waals surface area contributed by atoms with Gasteiger partial charge in [-0.1, -0.05) is 24.3 Å². The fourth-order valence-electron chi connectivity index (χ4n) is 5.90. The molecule has 0 radical (unpaired) electrons. The van der Waals surface area contributed by atoms with Crippen molar-refractivity contribution in [1.82, 2.24) is 0 Å². The van der Waals surface area contributed by atoms with Crippen molar-refractivity contribution in [1.29, 1.82) is 0 Å². The minimum absolute atomic E-state index is 0.0739. The molecule has 68 heavy (non-hydrogen) atoms. The van der Waals surface area contributed by atoms with Gasteiger partial charge in [0.25, 0.3) is 0 Å². The molecule has 2 unspecified atom stereocenters. The van der Waals surface area contributed by atoms with Gasteiger partial charge in [-0.2, -0.15) is 19.2 Å². The van der Waals surface area contributed by atoms with Gasteiger partial charge in [0, 0.05) is 11.8 Å². The van der Waals surface area contributed by atoms with Crippen molar-refractivity contribution in [2.45, 2.75) is 68.2 Å². The molecule has 20 nitrogen and oxygen atoms in total. The van der Waals surface area contributed by atoms with Crippen LogP contribution in [-0.2, 0) is 58.0 Å². The molecule has 0 aliphatic carbocycles. The lowest BCUT2D eigenvalue weighted by molar-refractivity contribution is -0.208. The maximum absolute atomic E-state index is 12.7. The zero-order valence-electron chi connectivity index (χ0n) is 38.5. The highest BCUT2D eigenvalue weighted by Crippen LogP contribution is 2.24. The summed E-state index contributed by atoms with van der Waals surface area (Å²) >= 11 is 0. The van der Waals surface area contributed by atoms with Crippen molar-refractivity contribution < 1.29 is 96.4 Å². The number of carbonyl (C=O) groups excluding carboxylic acids is 8. The van der Waals surface area contributed by atoms with Crippen LogP contribution in [0.1, 0.15) is 98.8 Å². The Labute approximate surface area is 390 Å². The third-order valence-corrected chi connectivity index (χ3v) is 10.6. The Bertz CT molecular complexity index is 2320. The molecule has 0 aliphatic heterocycles. The first-order valence-corrected chi connectivity index (χ1v) is 20.8. The van der Waals surface area contributed by atoms with E-state index in [0.29, 0.717) is 0 Å². The molecule has 4 aromatic carbocycles. The lowest BCUT2D eigenvalue weighted by atomic mass is 9.88. The van der Waals surface area contributed by atoms with Crippen LogP contribution >= 0.6 is 0 Å². The number of carbonyl (C=O) groups is 8. The van der Waals surface area contributed by atoms with E-state index in [-0.39, 0.29) is 35.1 Å². The third-order valence-electron chi connectivity index (χ3n) is 10.6. The molecule has 2 atom stereocenters. The highest BCUT2D eigenvalue weighted by molar-refractivity contribution is 5.91. The van der Waals surface area contributed by atoms with Crippen LogP contribution in [0.2, 0.25) is 0 Å². The van der Waals surface area contributed by atoms with E-state index in [1.165, 1.54) is 48.5 Å². The highest BCUT2D eigenvalue weighted by Gasteiger charge is 2.29. The molecule has 0 saturated heterocycles. The van der Waals surface area contributed by atoms with Gasteiger partial charge < -0.3 is 18.9 Å². The Morgan fingerprint density at radius 1 is 0.324 bits per heavy atom. The molecule has 0 saturated carbocycles. The summed E-state index contributed by atoms with van der Waals surface area (Å²) in [6.07, 6.45) is -6.34. The molecule has 20 heteroatoms. The number of ether oxygens (including phenoxy) is 4. The van der Waals surface area contributed by atoms with Crippen molar-refractivity contribution in [2.75, 3.05) is 26.4 Å². The van der Waals surface area contributed by atoms with Crippen molar-refractivity contribution >= 4 is 48.5 Å². The summed E-state index contributed by atoms with van der Waals surface area (Å²) < 4.78 is 20.6. The summed E-state index contributed by atoms with van der Waals surface area (Å²) in [6, 6.07) is 18.6. The van der Waals surface area contributed by atoms with Crippen LogP contribution in [0, 0.1) is 67.2 Å². The first-order chi connectivity index (χ1) is 32.3. The molecule has 0 spiro atoms. The SMILES string of the molecule is Cc1ccc(C(=O)OOC(=O)OCCC(COC(=O)OOC(=O)c2ccc(C)c(C)c2)C(CCOC(=O)OOC(=O)c2ccc(C)c(C)c2)COC(=O)OOC(=O)c2ccc(C)c(C)c2)cc1C. The maximum Gasteiger partial charge on any atom is 0.549 e. The standard InChI is InChI=1S/C48H50O20/c1-27-9-13-35(21-31(27)5)41(49)61-65-45(53)57-19-17-39(25-59-47(55)67-63-43(51)37-15-11-29(3)33(7)23-37)40(26-60-48(56)68-64-44(52)38-16-12-30(4)34(8)24-38)18-20-58-46(54)66-62-42(50)36-14-10-28(2)32(6)22-36/h9-16,21-24,39-40H,17-20,25-26H2,1-8H3. The Morgan fingerprint density at radius 3 is 0.794 bits per heavy atom. The van der Waals surface area contributed by atoms with Crippen LogP contribution in [0.3, 0.4) is 0 Å². The highest BCUT2D eigenvalue weighted by atomic mass is 17.3. The maximum atomic E-state index is 12.7. The Kier molecular flexibility index (Phi) is 19.7. The third kappa shape index (κ3) is 16.7. The summed E-state index contributed by atoms with van der Waals surface area (Å²) in [4.78, 5) is 137. The molecule has 0 aromatic heterocycles. The average Bonchev–Trinajstić information content (AvgIpc) is 3.31. The lowest BCUT2D eigenvalue weighted by Crippen LogP contribution is -2.30. The van der Waals surface area contributed by atoms with Gasteiger partial charge in [-0.25, -0.2) is 58.3 Å². The van der Waals surface area contributed by atoms with Crippen molar-refractivity contribution in [3.8, 4) is 0 Å². The van der Waals surface area contributed by atoms with Crippen LogP contribution in [0.4, 0.5) is 19.2 Å². The number of benzene rings is 4. The minimum atomic E-state index is -1.49.